The van der Waals surface area contributed by atoms with Crippen LogP contribution >= 0.6 is 15.9 Å². The number of rotatable bonds is 2. The molecular formula is C8H7BrFNO. The molecule has 1 aromatic rings. The van der Waals surface area contributed by atoms with Crippen LogP contribution < -0.4 is 0 Å². The molecule has 2 nitrogen and oxygen atoms in total. The SMILES string of the molecule is CON=Cc1cc(Br)ccc1F. The molecule has 0 atom stereocenters. The summed E-state index contributed by atoms with van der Waals surface area (Å²) >= 11 is 3.22. The first-order valence-electron chi connectivity index (χ1n) is 3.25. The maximum absolute atomic E-state index is 12.9. The Bertz CT molecular complexity index is 301. The van der Waals surface area contributed by atoms with Gasteiger partial charge in [-0.05, 0) is 18.2 Å². The van der Waals surface area contributed by atoms with Gasteiger partial charge >= 0.3 is 0 Å². The van der Waals surface area contributed by atoms with Crippen molar-refractivity contribution in [3.63, 3.8) is 0 Å². The van der Waals surface area contributed by atoms with Crippen LogP contribution in [0.5, 0.6) is 0 Å². The molecule has 0 heterocycles. The lowest BCUT2D eigenvalue weighted by Crippen LogP contribution is -1.87. The van der Waals surface area contributed by atoms with Crippen molar-refractivity contribution < 1.29 is 9.23 Å². The lowest BCUT2D eigenvalue weighted by Gasteiger charge is -1.95. The van der Waals surface area contributed by atoms with Crippen LogP contribution in [0.1, 0.15) is 5.56 Å². The standard InChI is InChI=1S/C8H7BrFNO/c1-12-11-5-6-4-7(9)2-3-8(6)10/h2-5H,1H3. The van der Waals surface area contributed by atoms with Gasteiger partial charge in [0.1, 0.15) is 12.9 Å². The first-order chi connectivity index (χ1) is 5.74. The van der Waals surface area contributed by atoms with Gasteiger partial charge in [-0.1, -0.05) is 21.1 Å². The van der Waals surface area contributed by atoms with E-state index in [-0.39, 0.29) is 5.82 Å². The molecule has 1 rings (SSSR count). The highest BCUT2D eigenvalue weighted by molar-refractivity contribution is 9.10. The Morgan fingerprint density at radius 2 is 2.33 bits per heavy atom. The van der Waals surface area contributed by atoms with Crippen LogP contribution in [-0.2, 0) is 4.84 Å². The third-order valence-corrected chi connectivity index (χ3v) is 1.75. The van der Waals surface area contributed by atoms with Crippen LogP contribution in [0.3, 0.4) is 0 Å². The summed E-state index contributed by atoms with van der Waals surface area (Å²) in [5.74, 6) is -0.320. The molecule has 0 radical (unpaired) electrons. The van der Waals surface area contributed by atoms with E-state index in [9.17, 15) is 4.39 Å². The fourth-order valence-electron chi connectivity index (χ4n) is 0.723. The average Bonchev–Trinajstić information content (AvgIpc) is 2.07. The number of nitrogens with zero attached hydrogens (tertiary/aromatic N) is 1. The molecule has 0 saturated carbocycles. The van der Waals surface area contributed by atoms with Gasteiger partial charge in [-0.15, -0.1) is 0 Å². The van der Waals surface area contributed by atoms with Crippen LogP contribution in [0.4, 0.5) is 4.39 Å². The number of halogens is 2. The monoisotopic (exact) mass is 231 g/mol. The molecule has 0 amide bonds. The summed E-state index contributed by atoms with van der Waals surface area (Å²) in [6.45, 7) is 0. The van der Waals surface area contributed by atoms with Gasteiger partial charge in [0.15, 0.2) is 0 Å². The smallest absolute Gasteiger partial charge is 0.132 e. The van der Waals surface area contributed by atoms with Crippen LogP contribution in [-0.4, -0.2) is 13.3 Å². The van der Waals surface area contributed by atoms with E-state index in [1.54, 1.807) is 12.1 Å². The van der Waals surface area contributed by atoms with Gasteiger partial charge in [0, 0.05) is 10.0 Å². The normalized spacial score (nSPS) is 10.6. The Morgan fingerprint density at radius 1 is 1.58 bits per heavy atom. The molecule has 0 aromatic heterocycles. The zero-order chi connectivity index (χ0) is 8.97. The average molecular weight is 232 g/mol. The fraction of sp³-hybridized carbons (Fsp3) is 0.125. The van der Waals surface area contributed by atoms with E-state index in [1.165, 1.54) is 19.4 Å². The van der Waals surface area contributed by atoms with Gasteiger partial charge in [0.05, 0.1) is 6.21 Å². The van der Waals surface area contributed by atoms with E-state index in [2.05, 4.69) is 25.9 Å². The van der Waals surface area contributed by atoms with Gasteiger partial charge in [0.2, 0.25) is 0 Å². The zero-order valence-corrected chi connectivity index (χ0v) is 8.01. The van der Waals surface area contributed by atoms with Crippen molar-refractivity contribution in [1.82, 2.24) is 0 Å². The van der Waals surface area contributed by atoms with E-state index >= 15 is 0 Å². The van der Waals surface area contributed by atoms with Crippen molar-refractivity contribution >= 4 is 22.1 Å². The van der Waals surface area contributed by atoms with Gasteiger partial charge in [0.25, 0.3) is 0 Å². The lowest BCUT2D eigenvalue weighted by atomic mass is 10.2. The molecule has 4 heteroatoms. The molecule has 0 saturated heterocycles. The lowest BCUT2D eigenvalue weighted by molar-refractivity contribution is 0.215. The summed E-state index contributed by atoms with van der Waals surface area (Å²) in [5, 5.41) is 3.46. The maximum Gasteiger partial charge on any atom is 0.132 e. The molecule has 0 aliphatic heterocycles. The van der Waals surface area contributed by atoms with E-state index < -0.39 is 0 Å². The minimum absolute atomic E-state index is 0.320. The summed E-state index contributed by atoms with van der Waals surface area (Å²) in [4.78, 5) is 4.43. The molecule has 0 aliphatic carbocycles. The number of hydrogen-bond donors (Lipinski definition) is 0. The summed E-state index contributed by atoms with van der Waals surface area (Å²) in [6, 6.07) is 4.61. The fourth-order valence-corrected chi connectivity index (χ4v) is 1.10. The van der Waals surface area contributed by atoms with Crippen molar-refractivity contribution in [2.24, 2.45) is 5.16 Å². The highest BCUT2D eigenvalue weighted by Gasteiger charge is 1.98. The third-order valence-electron chi connectivity index (χ3n) is 1.26. The molecule has 12 heavy (non-hydrogen) atoms. The Balaban J connectivity index is 2.97. The van der Waals surface area contributed by atoms with Crippen molar-refractivity contribution in [1.29, 1.82) is 0 Å². The minimum Gasteiger partial charge on any atom is -0.399 e. The van der Waals surface area contributed by atoms with Crippen molar-refractivity contribution in [2.45, 2.75) is 0 Å². The van der Waals surface area contributed by atoms with Crippen LogP contribution in [0.25, 0.3) is 0 Å². The minimum atomic E-state index is -0.320. The van der Waals surface area contributed by atoms with Crippen molar-refractivity contribution in [3.05, 3.63) is 34.1 Å². The largest absolute Gasteiger partial charge is 0.399 e. The molecule has 0 N–H and O–H groups in total. The van der Waals surface area contributed by atoms with Crippen LogP contribution in [0.2, 0.25) is 0 Å². The predicted octanol–water partition coefficient (Wildman–Crippen LogP) is 2.57. The molecule has 0 unspecified atom stereocenters. The second kappa shape index (κ2) is 4.21. The van der Waals surface area contributed by atoms with E-state index in [4.69, 9.17) is 0 Å². The summed E-state index contributed by atoms with van der Waals surface area (Å²) in [7, 11) is 1.41. The predicted molar refractivity (Wildman–Crippen MR) is 48.7 cm³/mol. The second-order valence-corrected chi connectivity index (χ2v) is 3.00. The number of oxime groups is 1. The summed E-state index contributed by atoms with van der Waals surface area (Å²) in [5.41, 5.74) is 0.395. The van der Waals surface area contributed by atoms with E-state index in [0.29, 0.717) is 5.56 Å². The summed E-state index contributed by atoms with van der Waals surface area (Å²) in [6.07, 6.45) is 1.32. The third kappa shape index (κ3) is 2.30. The zero-order valence-electron chi connectivity index (χ0n) is 6.42. The highest BCUT2D eigenvalue weighted by Crippen LogP contribution is 2.13. The molecule has 64 valence electrons. The Labute approximate surface area is 78.2 Å². The Kier molecular flexibility index (Phi) is 3.22. The number of benzene rings is 1. The molecule has 0 bridgehead atoms. The quantitative estimate of drug-likeness (QED) is 0.567. The molecule has 0 aliphatic rings. The van der Waals surface area contributed by atoms with Gasteiger partial charge in [-0.3, -0.25) is 0 Å². The number of hydrogen-bond acceptors (Lipinski definition) is 2. The first kappa shape index (κ1) is 9.19. The van der Waals surface area contributed by atoms with Crippen molar-refractivity contribution in [2.75, 3.05) is 7.11 Å². The van der Waals surface area contributed by atoms with Crippen LogP contribution in [0, 0.1) is 5.82 Å². The molecule has 0 spiro atoms. The Morgan fingerprint density at radius 3 is 3.00 bits per heavy atom. The Hall–Kier alpha value is -0.900. The topological polar surface area (TPSA) is 21.6 Å². The van der Waals surface area contributed by atoms with Crippen LogP contribution in [0.15, 0.2) is 27.8 Å². The van der Waals surface area contributed by atoms with Gasteiger partial charge < -0.3 is 4.84 Å². The second-order valence-electron chi connectivity index (χ2n) is 2.08. The molecule has 0 fully saturated rings. The van der Waals surface area contributed by atoms with E-state index in [1.807, 2.05) is 0 Å². The molecular weight excluding hydrogens is 225 g/mol. The van der Waals surface area contributed by atoms with Gasteiger partial charge in [-0.2, -0.15) is 0 Å². The molecule has 1 aromatic carbocycles. The first-order valence-corrected chi connectivity index (χ1v) is 4.05. The van der Waals surface area contributed by atoms with Crippen molar-refractivity contribution in [3.8, 4) is 0 Å². The van der Waals surface area contributed by atoms with Gasteiger partial charge in [-0.25, -0.2) is 4.39 Å². The highest BCUT2D eigenvalue weighted by atomic mass is 79.9. The van der Waals surface area contributed by atoms with E-state index in [0.717, 1.165) is 4.47 Å². The maximum atomic E-state index is 12.9. The summed E-state index contributed by atoms with van der Waals surface area (Å²) < 4.78 is 13.7.